The predicted octanol–water partition coefficient (Wildman–Crippen LogP) is 1.22. The lowest BCUT2D eigenvalue weighted by Crippen LogP contribution is -2.46. The highest BCUT2D eigenvalue weighted by Gasteiger charge is 2.31. The summed E-state index contributed by atoms with van der Waals surface area (Å²) in [4.78, 5) is 24.7. The van der Waals surface area contributed by atoms with Crippen molar-refractivity contribution in [1.82, 2.24) is 4.90 Å². The molecule has 104 valence electrons. The number of nitrogens with two attached hydrogens (primary N) is 1. The molecule has 3 unspecified atom stereocenters. The Labute approximate surface area is 108 Å². The summed E-state index contributed by atoms with van der Waals surface area (Å²) in [7, 11) is 0. The summed E-state index contributed by atoms with van der Waals surface area (Å²) in [6.07, 6.45) is 3.31. The molecule has 0 aliphatic carbocycles. The monoisotopic (exact) mass is 256 g/mol. The molecule has 1 rings (SSSR count). The second kappa shape index (κ2) is 6.73. The van der Waals surface area contributed by atoms with Gasteiger partial charge < -0.3 is 15.7 Å². The van der Waals surface area contributed by atoms with E-state index in [2.05, 4.69) is 0 Å². The lowest BCUT2D eigenvalue weighted by molar-refractivity contribution is -0.147. The summed E-state index contributed by atoms with van der Waals surface area (Å²) in [5.41, 5.74) is 5.65. The van der Waals surface area contributed by atoms with E-state index in [0.717, 1.165) is 12.8 Å². The molecule has 0 spiro atoms. The topological polar surface area (TPSA) is 83.6 Å². The normalized spacial score (nSPS) is 25.8. The van der Waals surface area contributed by atoms with Gasteiger partial charge in [-0.15, -0.1) is 0 Å². The van der Waals surface area contributed by atoms with Crippen LogP contribution >= 0.6 is 0 Å². The Kier molecular flexibility index (Phi) is 5.59. The zero-order valence-corrected chi connectivity index (χ0v) is 11.3. The minimum absolute atomic E-state index is 0.0302. The molecule has 0 bridgehead atoms. The fourth-order valence-corrected chi connectivity index (χ4v) is 2.49. The van der Waals surface area contributed by atoms with E-state index in [9.17, 15) is 9.59 Å². The Morgan fingerprint density at radius 3 is 2.67 bits per heavy atom. The van der Waals surface area contributed by atoms with E-state index in [1.165, 1.54) is 0 Å². The van der Waals surface area contributed by atoms with Crippen molar-refractivity contribution in [1.29, 1.82) is 0 Å². The zero-order valence-electron chi connectivity index (χ0n) is 11.3. The van der Waals surface area contributed by atoms with Crippen LogP contribution < -0.4 is 5.73 Å². The molecule has 3 atom stereocenters. The van der Waals surface area contributed by atoms with Crippen LogP contribution in [0.15, 0.2) is 0 Å². The number of carbonyl (C=O) groups is 2. The lowest BCUT2D eigenvalue weighted by Gasteiger charge is -2.36. The number of amides is 1. The first-order valence-electron chi connectivity index (χ1n) is 6.69. The van der Waals surface area contributed by atoms with E-state index in [1.807, 2.05) is 18.7 Å². The molecule has 1 saturated heterocycles. The van der Waals surface area contributed by atoms with Crippen LogP contribution in [0.2, 0.25) is 0 Å². The highest BCUT2D eigenvalue weighted by Crippen LogP contribution is 2.23. The Bertz CT molecular complexity index is 305. The molecule has 0 aromatic heterocycles. The molecule has 1 amide bonds. The van der Waals surface area contributed by atoms with Crippen molar-refractivity contribution in [3.63, 3.8) is 0 Å². The fraction of sp³-hybridized carbons (Fsp3) is 0.846. The minimum atomic E-state index is -0.745. The number of hydrogen-bond donors (Lipinski definition) is 2. The fourth-order valence-electron chi connectivity index (χ4n) is 2.49. The maximum atomic E-state index is 12.0. The van der Waals surface area contributed by atoms with Gasteiger partial charge in [0, 0.05) is 25.0 Å². The lowest BCUT2D eigenvalue weighted by atomic mass is 9.91. The summed E-state index contributed by atoms with van der Waals surface area (Å²) in [5.74, 6) is -0.911. The number of hydrogen-bond acceptors (Lipinski definition) is 3. The quantitative estimate of drug-likeness (QED) is 0.774. The number of carboxylic acids is 1. The summed E-state index contributed by atoms with van der Waals surface area (Å²) in [6, 6.07) is 0.163. The summed E-state index contributed by atoms with van der Waals surface area (Å²) >= 11 is 0. The minimum Gasteiger partial charge on any atom is -0.481 e. The molecule has 3 N–H and O–H groups in total. The SMILES string of the molecule is CC(N)CCCC(=O)N1CCC(C(=O)O)CC1C. The average molecular weight is 256 g/mol. The van der Waals surface area contributed by atoms with Crippen molar-refractivity contribution in [3.05, 3.63) is 0 Å². The van der Waals surface area contributed by atoms with Crippen LogP contribution in [-0.4, -0.2) is 40.5 Å². The van der Waals surface area contributed by atoms with Crippen molar-refractivity contribution in [2.75, 3.05) is 6.54 Å². The number of rotatable bonds is 5. The number of likely N-dealkylation sites (tertiary alicyclic amines) is 1. The van der Waals surface area contributed by atoms with Gasteiger partial charge in [-0.1, -0.05) is 0 Å². The highest BCUT2D eigenvalue weighted by molar-refractivity contribution is 5.77. The van der Waals surface area contributed by atoms with Gasteiger partial charge in [-0.2, -0.15) is 0 Å². The van der Waals surface area contributed by atoms with Crippen molar-refractivity contribution in [3.8, 4) is 0 Å². The first-order valence-corrected chi connectivity index (χ1v) is 6.69. The van der Waals surface area contributed by atoms with Crippen LogP contribution in [-0.2, 0) is 9.59 Å². The van der Waals surface area contributed by atoms with E-state index in [-0.39, 0.29) is 23.9 Å². The number of carbonyl (C=O) groups excluding carboxylic acids is 1. The van der Waals surface area contributed by atoms with Gasteiger partial charge in [0.15, 0.2) is 0 Å². The van der Waals surface area contributed by atoms with Crippen LogP contribution in [0.25, 0.3) is 0 Å². The van der Waals surface area contributed by atoms with Gasteiger partial charge in [0.2, 0.25) is 5.91 Å². The number of piperidine rings is 1. The third-order valence-electron chi connectivity index (χ3n) is 3.60. The Morgan fingerprint density at radius 2 is 2.17 bits per heavy atom. The van der Waals surface area contributed by atoms with Gasteiger partial charge in [-0.05, 0) is 39.5 Å². The van der Waals surface area contributed by atoms with Gasteiger partial charge in [0.05, 0.1) is 5.92 Å². The zero-order chi connectivity index (χ0) is 13.7. The van der Waals surface area contributed by atoms with Crippen molar-refractivity contribution >= 4 is 11.9 Å². The van der Waals surface area contributed by atoms with Crippen molar-refractivity contribution < 1.29 is 14.7 Å². The molecule has 5 nitrogen and oxygen atoms in total. The van der Waals surface area contributed by atoms with Crippen LogP contribution in [0.3, 0.4) is 0 Å². The summed E-state index contributed by atoms with van der Waals surface area (Å²) in [5, 5.41) is 8.97. The van der Waals surface area contributed by atoms with Gasteiger partial charge >= 0.3 is 5.97 Å². The second-order valence-corrected chi connectivity index (χ2v) is 5.37. The largest absolute Gasteiger partial charge is 0.481 e. The molecular formula is C13H24N2O3. The molecule has 0 aromatic rings. The molecule has 1 aliphatic rings. The standard InChI is InChI=1S/C13H24N2O3/c1-9(14)4-3-5-12(16)15-7-6-11(13(17)18)8-10(15)2/h9-11H,3-8,14H2,1-2H3,(H,17,18). The average Bonchev–Trinajstić information content (AvgIpc) is 2.27. The first kappa shape index (κ1) is 15.0. The Morgan fingerprint density at radius 1 is 1.50 bits per heavy atom. The van der Waals surface area contributed by atoms with E-state index < -0.39 is 5.97 Å². The Hall–Kier alpha value is -1.10. The summed E-state index contributed by atoms with van der Waals surface area (Å²) < 4.78 is 0. The number of aliphatic carboxylic acids is 1. The summed E-state index contributed by atoms with van der Waals surface area (Å²) in [6.45, 7) is 4.43. The van der Waals surface area contributed by atoms with Crippen LogP contribution in [0.1, 0.15) is 46.0 Å². The van der Waals surface area contributed by atoms with E-state index in [1.54, 1.807) is 0 Å². The number of carboxylic acid groups (broad SMARTS) is 1. The van der Waals surface area contributed by atoms with Gasteiger partial charge in [-0.25, -0.2) is 0 Å². The van der Waals surface area contributed by atoms with Crippen molar-refractivity contribution in [2.24, 2.45) is 11.7 Å². The van der Waals surface area contributed by atoms with Crippen LogP contribution in [0.5, 0.6) is 0 Å². The van der Waals surface area contributed by atoms with Crippen LogP contribution in [0, 0.1) is 5.92 Å². The molecular weight excluding hydrogens is 232 g/mol. The molecule has 0 radical (unpaired) electrons. The van der Waals surface area contributed by atoms with Gasteiger partial charge in [-0.3, -0.25) is 9.59 Å². The maximum absolute atomic E-state index is 12.0. The van der Waals surface area contributed by atoms with Gasteiger partial charge in [0.25, 0.3) is 0 Å². The molecule has 1 fully saturated rings. The molecule has 0 saturated carbocycles. The second-order valence-electron chi connectivity index (χ2n) is 5.37. The maximum Gasteiger partial charge on any atom is 0.306 e. The van der Waals surface area contributed by atoms with E-state index in [0.29, 0.717) is 25.8 Å². The van der Waals surface area contributed by atoms with E-state index >= 15 is 0 Å². The molecule has 1 heterocycles. The molecule has 5 heteroatoms. The Balaban J connectivity index is 2.38. The smallest absolute Gasteiger partial charge is 0.306 e. The first-order chi connectivity index (χ1) is 8.41. The van der Waals surface area contributed by atoms with Crippen molar-refractivity contribution in [2.45, 2.75) is 58.0 Å². The molecule has 18 heavy (non-hydrogen) atoms. The van der Waals surface area contributed by atoms with Crippen LogP contribution in [0.4, 0.5) is 0 Å². The third kappa shape index (κ3) is 4.29. The predicted molar refractivity (Wildman–Crippen MR) is 69.0 cm³/mol. The molecule has 0 aromatic carbocycles. The third-order valence-corrected chi connectivity index (χ3v) is 3.60. The number of nitrogens with zero attached hydrogens (tertiary/aromatic N) is 1. The highest BCUT2D eigenvalue weighted by atomic mass is 16.4. The van der Waals surface area contributed by atoms with E-state index in [4.69, 9.17) is 10.8 Å². The van der Waals surface area contributed by atoms with Gasteiger partial charge in [0.1, 0.15) is 0 Å². The molecule has 1 aliphatic heterocycles.